The maximum atomic E-state index is 12.1. The Bertz CT molecular complexity index is 220. The van der Waals surface area contributed by atoms with E-state index in [9.17, 15) is 4.79 Å². The van der Waals surface area contributed by atoms with Crippen molar-refractivity contribution in [2.45, 2.75) is 52.4 Å². The van der Waals surface area contributed by atoms with E-state index in [0.29, 0.717) is 6.54 Å². The fourth-order valence-electron chi connectivity index (χ4n) is 2.40. The molecule has 0 aromatic rings. The van der Waals surface area contributed by atoms with Gasteiger partial charge in [-0.1, -0.05) is 20.3 Å². The molecule has 1 fully saturated rings. The fourth-order valence-corrected chi connectivity index (χ4v) is 2.40. The molecular weight excluding hydrogens is 200 g/mol. The zero-order valence-corrected chi connectivity index (χ0v) is 10.7. The third-order valence-electron chi connectivity index (χ3n) is 3.92. The number of carbonyl (C=O) groups is 1. The molecule has 3 nitrogen and oxygen atoms in total. The molecule has 0 heterocycles. The molecule has 0 atom stereocenters. The van der Waals surface area contributed by atoms with Gasteiger partial charge in [0.1, 0.15) is 0 Å². The van der Waals surface area contributed by atoms with Gasteiger partial charge in [-0.15, -0.1) is 0 Å². The first-order chi connectivity index (χ1) is 7.64. The van der Waals surface area contributed by atoms with Gasteiger partial charge in [0.25, 0.3) is 0 Å². The zero-order chi connectivity index (χ0) is 12.0. The van der Waals surface area contributed by atoms with Crippen LogP contribution in [0.25, 0.3) is 0 Å². The highest BCUT2D eigenvalue weighted by Crippen LogP contribution is 2.38. The van der Waals surface area contributed by atoms with E-state index in [1.165, 1.54) is 0 Å². The minimum atomic E-state index is -0.264. The molecule has 0 aromatic heterocycles. The Labute approximate surface area is 99.2 Å². The zero-order valence-electron chi connectivity index (χ0n) is 10.7. The Balaban J connectivity index is 2.48. The van der Waals surface area contributed by atoms with E-state index < -0.39 is 0 Å². The number of unbranched alkanes of at least 4 members (excludes halogenated alkanes) is 1. The number of carbonyl (C=O) groups excluding carboxylic acids is 1. The molecule has 0 spiro atoms. The van der Waals surface area contributed by atoms with Gasteiger partial charge < -0.3 is 11.1 Å². The molecule has 1 saturated carbocycles. The highest BCUT2D eigenvalue weighted by atomic mass is 16.2. The quantitative estimate of drug-likeness (QED) is 0.705. The summed E-state index contributed by atoms with van der Waals surface area (Å²) in [7, 11) is 0. The molecule has 0 saturated heterocycles. The van der Waals surface area contributed by atoms with Crippen molar-refractivity contribution in [2.24, 2.45) is 17.1 Å². The Hall–Kier alpha value is -0.570. The van der Waals surface area contributed by atoms with Crippen LogP contribution >= 0.6 is 0 Å². The van der Waals surface area contributed by atoms with Gasteiger partial charge in [0.2, 0.25) is 5.91 Å². The monoisotopic (exact) mass is 226 g/mol. The van der Waals surface area contributed by atoms with Gasteiger partial charge in [0, 0.05) is 13.1 Å². The standard InChI is InChI=1S/C13H26N2O/c1-3-4-9-15-12(16)13(10-14)7-5-11(2)6-8-13/h11H,3-10,14H2,1-2H3,(H,15,16). The van der Waals surface area contributed by atoms with Crippen LogP contribution in [0.15, 0.2) is 0 Å². The highest BCUT2D eigenvalue weighted by Gasteiger charge is 2.39. The molecule has 1 amide bonds. The van der Waals surface area contributed by atoms with Crippen molar-refractivity contribution < 1.29 is 4.79 Å². The van der Waals surface area contributed by atoms with Crippen LogP contribution in [0.5, 0.6) is 0 Å². The minimum Gasteiger partial charge on any atom is -0.356 e. The lowest BCUT2D eigenvalue weighted by Crippen LogP contribution is -2.48. The van der Waals surface area contributed by atoms with Gasteiger partial charge in [0.05, 0.1) is 5.41 Å². The summed E-state index contributed by atoms with van der Waals surface area (Å²) in [4.78, 5) is 12.1. The smallest absolute Gasteiger partial charge is 0.227 e. The van der Waals surface area contributed by atoms with Gasteiger partial charge in [0.15, 0.2) is 0 Å². The van der Waals surface area contributed by atoms with Gasteiger partial charge in [-0.2, -0.15) is 0 Å². The Morgan fingerprint density at radius 1 is 1.44 bits per heavy atom. The summed E-state index contributed by atoms with van der Waals surface area (Å²) in [6.45, 7) is 5.69. The lowest BCUT2D eigenvalue weighted by molar-refractivity contribution is -0.132. The highest BCUT2D eigenvalue weighted by molar-refractivity contribution is 5.83. The summed E-state index contributed by atoms with van der Waals surface area (Å²) in [5.41, 5.74) is 5.56. The SMILES string of the molecule is CCCCNC(=O)C1(CN)CCC(C)CC1. The molecule has 94 valence electrons. The average molecular weight is 226 g/mol. The Morgan fingerprint density at radius 3 is 2.56 bits per heavy atom. The van der Waals surface area contributed by atoms with Crippen LogP contribution in [-0.4, -0.2) is 19.0 Å². The number of nitrogens with two attached hydrogens (primary N) is 1. The van der Waals surface area contributed by atoms with Gasteiger partial charge in [-0.05, 0) is 38.0 Å². The fraction of sp³-hybridized carbons (Fsp3) is 0.923. The lowest BCUT2D eigenvalue weighted by atomic mass is 9.70. The van der Waals surface area contributed by atoms with E-state index in [1.54, 1.807) is 0 Å². The van der Waals surface area contributed by atoms with Crippen LogP contribution < -0.4 is 11.1 Å². The largest absolute Gasteiger partial charge is 0.356 e. The number of rotatable bonds is 5. The first-order valence-corrected chi connectivity index (χ1v) is 6.63. The predicted octanol–water partition coefficient (Wildman–Crippen LogP) is 2.06. The summed E-state index contributed by atoms with van der Waals surface area (Å²) >= 11 is 0. The van der Waals surface area contributed by atoms with E-state index in [0.717, 1.165) is 51.0 Å². The van der Waals surface area contributed by atoms with Crippen LogP contribution in [0.1, 0.15) is 52.4 Å². The van der Waals surface area contributed by atoms with Crippen molar-refractivity contribution in [3.8, 4) is 0 Å². The van der Waals surface area contributed by atoms with E-state index in [-0.39, 0.29) is 11.3 Å². The first-order valence-electron chi connectivity index (χ1n) is 6.63. The number of hydrogen-bond donors (Lipinski definition) is 2. The van der Waals surface area contributed by atoms with Crippen molar-refractivity contribution in [1.29, 1.82) is 0 Å². The summed E-state index contributed by atoms with van der Waals surface area (Å²) in [5.74, 6) is 0.943. The maximum Gasteiger partial charge on any atom is 0.227 e. The summed E-state index contributed by atoms with van der Waals surface area (Å²) in [6.07, 6.45) is 6.37. The molecule has 16 heavy (non-hydrogen) atoms. The van der Waals surface area contributed by atoms with Crippen LogP contribution in [0.4, 0.5) is 0 Å². The van der Waals surface area contributed by atoms with Crippen molar-refractivity contribution in [2.75, 3.05) is 13.1 Å². The van der Waals surface area contributed by atoms with Crippen molar-refractivity contribution in [3.63, 3.8) is 0 Å². The molecule has 0 aliphatic heterocycles. The second kappa shape index (κ2) is 6.24. The number of amides is 1. The van der Waals surface area contributed by atoms with E-state index >= 15 is 0 Å². The lowest BCUT2D eigenvalue weighted by Gasteiger charge is -2.37. The molecule has 3 N–H and O–H groups in total. The third kappa shape index (κ3) is 3.21. The van der Waals surface area contributed by atoms with Crippen LogP contribution in [0.3, 0.4) is 0 Å². The van der Waals surface area contributed by atoms with Crippen LogP contribution in [0, 0.1) is 11.3 Å². The van der Waals surface area contributed by atoms with Gasteiger partial charge in [-0.3, -0.25) is 4.79 Å². The molecular formula is C13H26N2O. The summed E-state index contributed by atoms with van der Waals surface area (Å²) in [5, 5.41) is 3.04. The second-order valence-electron chi connectivity index (χ2n) is 5.28. The minimum absolute atomic E-state index is 0.190. The molecule has 0 radical (unpaired) electrons. The predicted molar refractivity (Wildman–Crippen MR) is 67.0 cm³/mol. The normalized spacial score (nSPS) is 30.1. The third-order valence-corrected chi connectivity index (χ3v) is 3.92. The molecule has 0 unspecified atom stereocenters. The van der Waals surface area contributed by atoms with Crippen molar-refractivity contribution in [1.82, 2.24) is 5.32 Å². The van der Waals surface area contributed by atoms with Crippen LogP contribution in [-0.2, 0) is 4.79 Å². The van der Waals surface area contributed by atoms with E-state index in [1.807, 2.05) is 0 Å². The molecule has 3 heteroatoms. The average Bonchev–Trinajstić information content (AvgIpc) is 2.31. The molecule has 0 bridgehead atoms. The van der Waals surface area contributed by atoms with Gasteiger partial charge in [-0.25, -0.2) is 0 Å². The first kappa shape index (κ1) is 13.5. The molecule has 1 aliphatic carbocycles. The van der Waals surface area contributed by atoms with E-state index in [2.05, 4.69) is 19.2 Å². The summed E-state index contributed by atoms with van der Waals surface area (Å²) in [6, 6.07) is 0. The van der Waals surface area contributed by atoms with Crippen LogP contribution in [0.2, 0.25) is 0 Å². The number of hydrogen-bond acceptors (Lipinski definition) is 2. The molecule has 0 aromatic carbocycles. The van der Waals surface area contributed by atoms with Crippen molar-refractivity contribution in [3.05, 3.63) is 0 Å². The van der Waals surface area contributed by atoms with Gasteiger partial charge >= 0.3 is 0 Å². The van der Waals surface area contributed by atoms with Crippen molar-refractivity contribution >= 4 is 5.91 Å². The summed E-state index contributed by atoms with van der Waals surface area (Å²) < 4.78 is 0. The topological polar surface area (TPSA) is 55.1 Å². The molecule has 1 rings (SSSR count). The molecule has 1 aliphatic rings. The Kier molecular flexibility index (Phi) is 5.26. The Morgan fingerprint density at radius 2 is 2.06 bits per heavy atom. The maximum absolute atomic E-state index is 12.1. The second-order valence-corrected chi connectivity index (χ2v) is 5.28. The van der Waals surface area contributed by atoms with E-state index in [4.69, 9.17) is 5.73 Å². The number of nitrogens with one attached hydrogen (secondary N) is 1.